The Balaban J connectivity index is 2.44. The van der Waals surface area contributed by atoms with E-state index in [9.17, 15) is 5.11 Å². The van der Waals surface area contributed by atoms with Crippen molar-refractivity contribution in [2.45, 2.75) is 6.92 Å². The second-order valence-electron chi connectivity index (χ2n) is 3.47. The second-order valence-corrected chi connectivity index (χ2v) is 3.47. The van der Waals surface area contributed by atoms with Gasteiger partial charge in [0.1, 0.15) is 0 Å². The van der Waals surface area contributed by atoms with Gasteiger partial charge < -0.3 is 9.84 Å². The first kappa shape index (κ1) is 10.6. The van der Waals surface area contributed by atoms with Crippen LogP contribution in [0.25, 0.3) is 11.5 Å². The highest BCUT2D eigenvalue weighted by atomic mass is 16.6. The molecule has 2 heteroatoms. The maximum absolute atomic E-state index is 11.4. The summed E-state index contributed by atoms with van der Waals surface area (Å²) in [6.45, 7) is 2.21. The van der Waals surface area contributed by atoms with Crippen LogP contribution in [0, 0.1) is 0 Å². The SMILES string of the molecule is CCOC([O-])=c1ccc(=C2C=CC=C2)cc1. The second kappa shape index (κ2) is 4.71. The van der Waals surface area contributed by atoms with Gasteiger partial charge in [0.25, 0.3) is 0 Å². The van der Waals surface area contributed by atoms with Gasteiger partial charge in [-0.1, -0.05) is 55.5 Å². The van der Waals surface area contributed by atoms with Crippen LogP contribution in [0.4, 0.5) is 0 Å². The van der Waals surface area contributed by atoms with Gasteiger partial charge in [0.2, 0.25) is 0 Å². The van der Waals surface area contributed by atoms with Crippen LogP contribution < -0.4 is 15.5 Å². The summed E-state index contributed by atoms with van der Waals surface area (Å²) in [6, 6.07) is 7.45. The van der Waals surface area contributed by atoms with Crippen molar-refractivity contribution in [1.82, 2.24) is 0 Å². The lowest BCUT2D eigenvalue weighted by Crippen LogP contribution is -2.20. The zero-order valence-electron chi connectivity index (χ0n) is 9.14. The number of hydrogen-bond acceptors (Lipinski definition) is 2. The van der Waals surface area contributed by atoms with Crippen molar-refractivity contribution in [3.05, 3.63) is 59.0 Å². The Kier molecular flexibility index (Phi) is 3.10. The Morgan fingerprint density at radius 1 is 1.12 bits per heavy atom. The van der Waals surface area contributed by atoms with E-state index < -0.39 is 0 Å². The summed E-state index contributed by atoms with van der Waals surface area (Å²) in [5.74, 6) is -0.267. The molecular formula is C14H13O2-. The number of rotatable bonds is 2. The molecule has 0 heterocycles. The van der Waals surface area contributed by atoms with Crippen LogP contribution >= 0.6 is 0 Å². The van der Waals surface area contributed by atoms with Crippen LogP contribution in [-0.4, -0.2) is 6.61 Å². The fourth-order valence-corrected chi connectivity index (χ4v) is 1.58. The molecular weight excluding hydrogens is 200 g/mol. The Morgan fingerprint density at radius 3 is 2.31 bits per heavy atom. The van der Waals surface area contributed by atoms with Gasteiger partial charge in [-0.25, -0.2) is 0 Å². The summed E-state index contributed by atoms with van der Waals surface area (Å²) >= 11 is 0. The van der Waals surface area contributed by atoms with Crippen molar-refractivity contribution in [1.29, 1.82) is 0 Å². The summed E-state index contributed by atoms with van der Waals surface area (Å²) in [4.78, 5) is 0. The highest BCUT2D eigenvalue weighted by Gasteiger charge is 1.92. The van der Waals surface area contributed by atoms with Gasteiger partial charge >= 0.3 is 0 Å². The standard InChI is InChI=1S/C14H14O2/c1-2-16-14(15)13-9-7-12(8-10-13)11-5-3-4-6-11/h3-10,15H,2H2,1H3/p-1. The van der Waals surface area contributed by atoms with Gasteiger partial charge in [-0.3, -0.25) is 0 Å². The molecule has 0 bridgehead atoms. The summed E-state index contributed by atoms with van der Waals surface area (Å²) in [5.41, 5.74) is 1.16. The highest BCUT2D eigenvalue weighted by Crippen LogP contribution is 2.05. The average Bonchev–Trinajstić information content (AvgIpc) is 2.83. The first-order valence-corrected chi connectivity index (χ1v) is 5.30. The fourth-order valence-electron chi connectivity index (χ4n) is 1.58. The van der Waals surface area contributed by atoms with E-state index in [1.807, 2.05) is 36.4 Å². The van der Waals surface area contributed by atoms with Crippen molar-refractivity contribution in [3.8, 4) is 0 Å². The molecule has 16 heavy (non-hydrogen) atoms. The predicted octanol–water partition coefficient (Wildman–Crippen LogP) is 0.426. The van der Waals surface area contributed by atoms with Crippen molar-refractivity contribution in [2.24, 2.45) is 0 Å². The van der Waals surface area contributed by atoms with Crippen molar-refractivity contribution < 1.29 is 9.84 Å². The van der Waals surface area contributed by atoms with Crippen LogP contribution in [0.3, 0.4) is 0 Å². The van der Waals surface area contributed by atoms with Crippen LogP contribution in [0.5, 0.6) is 0 Å². The number of benzene rings is 1. The van der Waals surface area contributed by atoms with Crippen molar-refractivity contribution in [3.63, 3.8) is 0 Å². The molecule has 0 saturated carbocycles. The van der Waals surface area contributed by atoms with Gasteiger partial charge in [0.05, 0.1) is 5.95 Å². The monoisotopic (exact) mass is 213 g/mol. The van der Waals surface area contributed by atoms with Crippen LogP contribution in [0.15, 0.2) is 48.6 Å². The molecule has 1 aromatic rings. The fraction of sp³-hybridized carbons (Fsp3) is 0.143. The van der Waals surface area contributed by atoms with E-state index in [1.54, 1.807) is 19.1 Å². The van der Waals surface area contributed by atoms with E-state index in [4.69, 9.17) is 4.74 Å². The van der Waals surface area contributed by atoms with Crippen LogP contribution in [0.1, 0.15) is 6.92 Å². The van der Waals surface area contributed by atoms with E-state index in [0.717, 1.165) is 10.8 Å². The summed E-state index contributed by atoms with van der Waals surface area (Å²) in [7, 11) is 0. The molecule has 0 aliphatic heterocycles. The zero-order chi connectivity index (χ0) is 11.4. The van der Waals surface area contributed by atoms with Gasteiger partial charge in [0.15, 0.2) is 0 Å². The molecule has 2 nitrogen and oxygen atoms in total. The molecule has 0 N–H and O–H groups in total. The first-order chi connectivity index (χ1) is 7.81. The summed E-state index contributed by atoms with van der Waals surface area (Å²) in [5, 5.41) is 13.1. The average molecular weight is 213 g/mol. The molecule has 0 spiro atoms. The van der Waals surface area contributed by atoms with E-state index in [1.165, 1.54) is 0 Å². The topological polar surface area (TPSA) is 32.3 Å². The molecule has 2 rings (SSSR count). The quantitative estimate of drug-likeness (QED) is 0.713. The Morgan fingerprint density at radius 2 is 1.75 bits per heavy atom. The molecule has 0 atom stereocenters. The van der Waals surface area contributed by atoms with Crippen LogP contribution in [-0.2, 0) is 4.74 Å². The van der Waals surface area contributed by atoms with E-state index in [0.29, 0.717) is 11.8 Å². The Hall–Kier alpha value is -1.96. The van der Waals surface area contributed by atoms with Crippen LogP contribution in [0.2, 0.25) is 0 Å². The Bertz CT molecular complexity index is 513. The molecule has 0 radical (unpaired) electrons. The number of hydrogen-bond donors (Lipinski definition) is 0. The van der Waals surface area contributed by atoms with E-state index in [-0.39, 0.29) is 5.95 Å². The van der Waals surface area contributed by atoms with Gasteiger partial charge in [-0.05, 0) is 22.6 Å². The van der Waals surface area contributed by atoms with Crippen molar-refractivity contribution in [2.75, 3.05) is 6.61 Å². The zero-order valence-corrected chi connectivity index (χ0v) is 9.14. The molecule has 1 aliphatic carbocycles. The molecule has 0 unspecified atom stereocenters. The molecule has 1 aromatic carbocycles. The maximum Gasteiger partial charge on any atom is 0.0587 e. The molecule has 0 saturated heterocycles. The Labute approximate surface area is 94.5 Å². The minimum atomic E-state index is -0.267. The van der Waals surface area contributed by atoms with Crippen molar-refractivity contribution >= 4 is 11.5 Å². The lowest BCUT2D eigenvalue weighted by molar-refractivity contribution is -0.291. The minimum Gasteiger partial charge on any atom is -0.613 e. The molecule has 0 amide bonds. The lowest BCUT2D eigenvalue weighted by atomic mass is 10.2. The molecule has 0 fully saturated rings. The summed E-state index contributed by atoms with van der Waals surface area (Å²) in [6.07, 6.45) is 8.07. The highest BCUT2D eigenvalue weighted by molar-refractivity contribution is 5.71. The lowest BCUT2D eigenvalue weighted by Gasteiger charge is -2.11. The third-order valence-electron chi connectivity index (χ3n) is 2.39. The first-order valence-electron chi connectivity index (χ1n) is 5.30. The van der Waals surface area contributed by atoms with Gasteiger partial charge in [-0.2, -0.15) is 0 Å². The number of ether oxygens (including phenoxy) is 1. The minimum absolute atomic E-state index is 0.267. The largest absolute Gasteiger partial charge is 0.613 e. The van der Waals surface area contributed by atoms with E-state index in [2.05, 4.69) is 0 Å². The molecule has 1 aliphatic rings. The predicted molar refractivity (Wildman–Crippen MR) is 62.4 cm³/mol. The molecule has 0 aromatic heterocycles. The van der Waals surface area contributed by atoms with E-state index >= 15 is 0 Å². The maximum atomic E-state index is 11.4. The van der Waals surface area contributed by atoms with Gasteiger partial charge in [-0.15, -0.1) is 0 Å². The third kappa shape index (κ3) is 2.16. The third-order valence-corrected chi connectivity index (χ3v) is 2.39. The smallest absolute Gasteiger partial charge is 0.0587 e. The number of allylic oxidation sites excluding steroid dienone is 4. The summed E-state index contributed by atoms with van der Waals surface area (Å²) < 4.78 is 4.92. The molecule has 82 valence electrons. The normalized spacial score (nSPS) is 13.2. The van der Waals surface area contributed by atoms with Gasteiger partial charge in [0, 0.05) is 0 Å².